The highest BCUT2D eigenvalue weighted by Crippen LogP contribution is 2.06. The Morgan fingerprint density at radius 2 is 1.40 bits per heavy atom. The lowest BCUT2D eigenvalue weighted by Crippen LogP contribution is -2.56. The van der Waals surface area contributed by atoms with Crippen LogP contribution in [0, 0.1) is 5.92 Å². The molecule has 2 rings (SSSR count). The number of hydrogen-bond acceptors (Lipinski definition) is 8. The molecule has 43 heavy (non-hydrogen) atoms. The Labute approximate surface area is 250 Å². The molecule has 13 nitrogen and oxygen atoms in total. The summed E-state index contributed by atoms with van der Waals surface area (Å²) < 4.78 is 32.0. The molecule has 5 N–H and O–H groups in total. The highest BCUT2D eigenvalue weighted by molar-refractivity contribution is 7.89. The Balaban J connectivity index is 1.92. The first kappa shape index (κ1) is 34.9. The number of ketones is 1. The van der Waals surface area contributed by atoms with Crippen molar-refractivity contribution in [1.82, 2.24) is 20.7 Å². The molecule has 2 aromatic carbocycles. The van der Waals surface area contributed by atoms with Crippen LogP contribution in [-0.2, 0) is 47.0 Å². The Bertz CT molecular complexity index is 1350. The Morgan fingerprint density at radius 3 is 1.95 bits per heavy atom. The van der Waals surface area contributed by atoms with Gasteiger partial charge >= 0.3 is 12.1 Å². The zero-order chi connectivity index (χ0) is 32.0. The number of carboxylic acids is 1. The zero-order valence-electron chi connectivity index (χ0n) is 24.2. The number of aryl methyl sites for hydroxylation is 1. The van der Waals surface area contributed by atoms with E-state index in [2.05, 4.69) is 20.7 Å². The summed E-state index contributed by atoms with van der Waals surface area (Å²) in [4.78, 5) is 62.0. The molecule has 0 bridgehead atoms. The van der Waals surface area contributed by atoms with Crippen LogP contribution in [0.2, 0.25) is 0 Å². The maximum absolute atomic E-state index is 12.9. The number of carbonyl (C=O) groups is 5. The predicted octanol–water partition coefficient (Wildman–Crippen LogP) is 1.13. The highest BCUT2D eigenvalue weighted by Gasteiger charge is 2.30. The molecule has 0 aliphatic carbocycles. The second-order valence-electron chi connectivity index (χ2n) is 10.2. The summed E-state index contributed by atoms with van der Waals surface area (Å²) in [5.41, 5.74) is 1.53. The number of rotatable bonds is 17. The number of alkyl carbamates (subject to hydrolysis) is 1. The van der Waals surface area contributed by atoms with Gasteiger partial charge in [-0.15, -0.1) is 0 Å². The third kappa shape index (κ3) is 13.0. The van der Waals surface area contributed by atoms with Crippen molar-refractivity contribution in [2.45, 2.75) is 58.3 Å². The normalized spacial score (nSPS) is 13.3. The number of carbonyl (C=O) groups excluding carboxylic acids is 4. The molecule has 0 saturated heterocycles. The van der Waals surface area contributed by atoms with Gasteiger partial charge in [-0.25, -0.2) is 17.9 Å². The van der Waals surface area contributed by atoms with E-state index in [4.69, 9.17) is 4.74 Å². The van der Waals surface area contributed by atoms with E-state index in [1.54, 1.807) is 68.4 Å². The van der Waals surface area contributed by atoms with Gasteiger partial charge in [-0.05, 0) is 30.4 Å². The molecule has 2 unspecified atom stereocenters. The minimum Gasteiger partial charge on any atom is -0.481 e. The first-order chi connectivity index (χ1) is 20.3. The van der Waals surface area contributed by atoms with Crippen LogP contribution in [0.25, 0.3) is 0 Å². The van der Waals surface area contributed by atoms with Gasteiger partial charge in [0.05, 0.1) is 24.8 Å². The van der Waals surface area contributed by atoms with Gasteiger partial charge in [-0.3, -0.25) is 19.2 Å². The van der Waals surface area contributed by atoms with Crippen molar-refractivity contribution in [3.8, 4) is 0 Å². The fourth-order valence-electron chi connectivity index (χ4n) is 3.79. The molecule has 0 saturated carbocycles. The van der Waals surface area contributed by atoms with Gasteiger partial charge in [0.1, 0.15) is 18.7 Å². The van der Waals surface area contributed by atoms with Crippen LogP contribution in [0.1, 0.15) is 38.3 Å². The molecule has 2 aromatic rings. The molecule has 3 atom stereocenters. The third-order valence-electron chi connectivity index (χ3n) is 6.24. The van der Waals surface area contributed by atoms with Gasteiger partial charge in [0.2, 0.25) is 21.8 Å². The number of nitrogens with one attached hydrogen (secondary N) is 4. The van der Waals surface area contributed by atoms with E-state index < -0.39 is 76.7 Å². The maximum atomic E-state index is 12.9. The number of hydrogen-bond donors (Lipinski definition) is 5. The highest BCUT2D eigenvalue weighted by atomic mass is 32.2. The average Bonchev–Trinajstić information content (AvgIpc) is 2.96. The van der Waals surface area contributed by atoms with Gasteiger partial charge in [0.25, 0.3) is 0 Å². The van der Waals surface area contributed by atoms with E-state index in [1.807, 2.05) is 6.07 Å². The van der Waals surface area contributed by atoms with Crippen LogP contribution in [0.3, 0.4) is 0 Å². The molecular weight excluding hydrogens is 580 g/mol. The molecule has 0 spiro atoms. The van der Waals surface area contributed by atoms with Crippen molar-refractivity contribution in [2.75, 3.05) is 12.3 Å². The Kier molecular flexibility index (Phi) is 13.8. The summed E-state index contributed by atoms with van der Waals surface area (Å²) in [5, 5.41) is 16.4. The lowest BCUT2D eigenvalue weighted by atomic mass is 10.0. The number of aliphatic carboxylic acids is 1. The van der Waals surface area contributed by atoms with Crippen molar-refractivity contribution in [3.05, 3.63) is 71.8 Å². The van der Waals surface area contributed by atoms with Crippen molar-refractivity contribution in [3.63, 3.8) is 0 Å². The fourth-order valence-corrected chi connectivity index (χ4v) is 4.80. The topological polar surface area (TPSA) is 197 Å². The van der Waals surface area contributed by atoms with Crippen molar-refractivity contribution < 1.29 is 42.2 Å². The van der Waals surface area contributed by atoms with Crippen molar-refractivity contribution >= 4 is 39.7 Å². The van der Waals surface area contributed by atoms with Gasteiger partial charge in [0, 0.05) is 0 Å². The summed E-state index contributed by atoms with van der Waals surface area (Å²) in [7, 11) is -3.88. The van der Waals surface area contributed by atoms with Gasteiger partial charge in [0.15, 0.2) is 5.78 Å². The van der Waals surface area contributed by atoms with E-state index in [1.165, 1.54) is 6.92 Å². The summed E-state index contributed by atoms with van der Waals surface area (Å²) >= 11 is 0. The number of ether oxygens (including phenoxy) is 1. The first-order valence-electron chi connectivity index (χ1n) is 13.6. The number of amides is 3. The lowest BCUT2D eigenvalue weighted by Gasteiger charge is -2.24. The molecule has 0 radical (unpaired) electrons. The van der Waals surface area contributed by atoms with Crippen LogP contribution in [0.4, 0.5) is 4.79 Å². The number of sulfonamides is 1. The predicted molar refractivity (Wildman–Crippen MR) is 157 cm³/mol. The average molecular weight is 619 g/mol. The maximum Gasteiger partial charge on any atom is 0.408 e. The van der Waals surface area contributed by atoms with E-state index in [9.17, 15) is 37.5 Å². The van der Waals surface area contributed by atoms with E-state index >= 15 is 0 Å². The van der Waals surface area contributed by atoms with Crippen LogP contribution in [0.15, 0.2) is 60.7 Å². The Morgan fingerprint density at radius 1 is 0.814 bits per heavy atom. The van der Waals surface area contributed by atoms with E-state index in [0.717, 1.165) is 11.1 Å². The zero-order valence-corrected chi connectivity index (χ0v) is 25.1. The smallest absolute Gasteiger partial charge is 0.408 e. The third-order valence-corrected chi connectivity index (χ3v) is 7.57. The van der Waals surface area contributed by atoms with E-state index in [-0.39, 0.29) is 18.8 Å². The molecule has 3 amide bonds. The quantitative estimate of drug-likeness (QED) is 0.173. The largest absolute Gasteiger partial charge is 0.481 e. The molecule has 0 fully saturated rings. The number of Topliss-reactive ketones (excluding diaryl/α,β-unsaturated/α-hetero) is 1. The van der Waals surface area contributed by atoms with Gasteiger partial charge < -0.3 is 25.8 Å². The van der Waals surface area contributed by atoms with Crippen LogP contribution in [0.5, 0.6) is 0 Å². The first-order valence-corrected chi connectivity index (χ1v) is 15.3. The second kappa shape index (κ2) is 17.0. The molecular formula is C29H38N4O9S. The molecule has 0 aliphatic heterocycles. The van der Waals surface area contributed by atoms with Gasteiger partial charge in [-0.2, -0.15) is 0 Å². The summed E-state index contributed by atoms with van der Waals surface area (Å²) in [6, 6.07) is 13.9. The van der Waals surface area contributed by atoms with Crippen LogP contribution < -0.4 is 20.7 Å². The molecule has 0 aliphatic rings. The standard InChI is InChI=1S/C29H38N4O9S/c1-19(2)26(33-29(39)42-18-22-12-8-5-9-13-22)28(38)31-20(3)27(37)32-23(16-25(35)36)24(34)17-30-43(40,41)15-14-21-10-6-4-7-11-21/h4-13,19-20,23,26,30H,14-18H2,1-3H3,(H,31,38)(H,32,37)(H,33,39)(H,35,36)/t20-,23?,26?/m0/s1. The molecule has 0 heterocycles. The minimum atomic E-state index is -3.88. The van der Waals surface area contributed by atoms with Crippen molar-refractivity contribution in [2.24, 2.45) is 5.92 Å². The summed E-state index contributed by atoms with van der Waals surface area (Å²) in [6.07, 6.45) is -1.44. The Hall–Kier alpha value is -4.30. The van der Waals surface area contributed by atoms with Crippen molar-refractivity contribution in [1.29, 1.82) is 0 Å². The van der Waals surface area contributed by atoms with E-state index in [0.29, 0.717) is 0 Å². The van der Waals surface area contributed by atoms with Gasteiger partial charge in [-0.1, -0.05) is 74.5 Å². The van der Waals surface area contributed by atoms with Crippen LogP contribution in [-0.4, -0.2) is 73.6 Å². The lowest BCUT2D eigenvalue weighted by molar-refractivity contribution is -0.140. The SMILES string of the molecule is CC(C)C(NC(=O)OCc1ccccc1)C(=O)N[C@@H](C)C(=O)NC(CC(=O)O)C(=O)CNS(=O)(=O)CCc1ccccc1. The fraction of sp³-hybridized carbons (Fsp3) is 0.414. The molecule has 234 valence electrons. The number of carboxylic acid groups (broad SMARTS) is 1. The molecule has 0 aromatic heterocycles. The number of benzene rings is 2. The minimum absolute atomic E-state index is 0.0138. The van der Waals surface area contributed by atoms with Crippen LogP contribution >= 0.6 is 0 Å². The summed E-state index contributed by atoms with van der Waals surface area (Å²) in [5.74, 6) is -4.55. The molecule has 14 heteroatoms. The second-order valence-corrected chi connectivity index (χ2v) is 12.1. The monoisotopic (exact) mass is 618 g/mol. The summed E-state index contributed by atoms with van der Waals surface area (Å²) in [6.45, 7) is 3.91.